The highest BCUT2D eigenvalue weighted by Gasteiger charge is 2.31. The molecule has 4 heterocycles. The van der Waals surface area contributed by atoms with Crippen LogP contribution in [0, 0.1) is 6.92 Å². The lowest BCUT2D eigenvalue weighted by atomic mass is 9.89. The molecule has 0 atom stereocenters. The van der Waals surface area contributed by atoms with Crippen LogP contribution in [-0.2, 0) is 9.59 Å². The molecule has 0 spiro atoms. The normalized spacial score (nSPS) is 20.4. The first-order chi connectivity index (χ1) is 14.0. The SMILES string of the molecule is Cc1ccc(C(=O)N2CCSC2)c(C2CCN(C(=O)C3=NNC(=O)CC3)CC2)n1. The van der Waals surface area contributed by atoms with Gasteiger partial charge in [-0.1, -0.05) is 0 Å². The number of rotatable bonds is 3. The second kappa shape index (κ2) is 8.52. The number of likely N-dealkylation sites (tertiary alicyclic amines) is 1. The van der Waals surface area contributed by atoms with Gasteiger partial charge in [0.05, 0.1) is 17.1 Å². The van der Waals surface area contributed by atoms with Crippen molar-refractivity contribution in [3.63, 3.8) is 0 Å². The molecule has 2 saturated heterocycles. The van der Waals surface area contributed by atoms with Gasteiger partial charge in [0.1, 0.15) is 5.71 Å². The average Bonchev–Trinajstić information content (AvgIpc) is 3.28. The fraction of sp³-hybridized carbons (Fsp3) is 0.550. The largest absolute Gasteiger partial charge is 0.337 e. The summed E-state index contributed by atoms with van der Waals surface area (Å²) in [5, 5.41) is 3.92. The van der Waals surface area contributed by atoms with E-state index in [-0.39, 0.29) is 23.6 Å². The van der Waals surface area contributed by atoms with Gasteiger partial charge in [-0.25, -0.2) is 5.43 Å². The molecule has 4 rings (SSSR count). The van der Waals surface area contributed by atoms with Gasteiger partial charge in [0, 0.05) is 49.8 Å². The summed E-state index contributed by atoms with van der Waals surface area (Å²) in [6.45, 7) is 3.92. The molecule has 8 nitrogen and oxygen atoms in total. The van der Waals surface area contributed by atoms with E-state index in [1.54, 1.807) is 16.7 Å². The van der Waals surface area contributed by atoms with Crippen LogP contribution in [0.1, 0.15) is 53.3 Å². The summed E-state index contributed by atoms with van der Waals surface area (Å²) in [5.74, 6) is 1.66. The summed E-state index contributed by atoms with van der Waals surface area (Å²) in [6, 6.07) is 3.80. The Hall–Kier alpha value is -2.42. The van der Waals surface area contributed by atoms with Crippen LogP contribution in [0.2, 0.25) is 0 Å². The first-order valence-electron chi connectivity index (χ1n) is 10.0. The van der Waals surface area contributed by atoms with Crippen LogP contribution in [0.4, 0.5) is 0 Å². The second-order valence-electron chi connectivity index (χ2n) is 7.65. The molecule has 154 valence electrons. The number of amides is 3. The molecular formula is C20H25N5O3S. The van der Waals surface area contributed by atoms with Gasteiger partial charge in [-0.15, -0.1) is 11.8 Å². The van der Waals surface area contributed by atoms with Crippen molar-refractivity contribution in [3.8, 4) is 0 Å². The molecule has 0 saturated carbocycles. The lowest BCUT2D eigenvalue weighted by Crippen LogP contribution is -2.44. The number of piperidine rings is 1. The quantitative estimate of drug-likeness (QED) is 0.807. The number of carbonyl (C=O) groups excluding carboxylic acids is 3. The number of thioether (sulfide) groups is 1. The number of hydrazone groups is 1. The Labute approximate surface area is 174 Å². The van der Waals surface area contributed by atoms with Crippen LogP contribution >= 0.6 is 11.8 Å². The van der Waals surface area contributed by atoms with E-state index >= 15 is 0 Å². The van der Waals surface area contributed by atoms with Gasteiger partial charge in [0.15, 0.2) is 0 Å². The van der Waals surface area contributed by atoms with Crippen molar-refractivity contribution in [1.82, 2.24) is 20.2 Å². The Morgan fingerprint density at radius 1 is 1.10 bits per heavy atom. The zero-order valence-electron chi connectivity index (χ0n) is 16.5. The zero-order chi connectivity index (χ0) is 20.4. The van der Waals surface area contributed by atoms with Gasteiger partial charge >= 0.3 is 0 Å². The van der Waals surface area contributed by atoms with Crippen LogP contribution in [0.5, 0.6) is 0 Å². The third-order valence-electron chi connectivity index (χ3n) is 5.65. The summed E-state index contributed by atoms with van der Waals surface area (Å²) in [6.07, 6.45) is 2.21. The van der Waals surface area contributed by atoms with Gasteiger partial charge in [0.25, 0.3) is 11.8 Å². The van der Waals surface area contributed by atoms with Crippen molar-refractivity contribution in [1.29, 1.82) is 0 Å². The molecule has 1 aromatic rings. The molecule has 3 aliphatic heterocycles. The minimum atomic E-state index is -0.153. The minimum absolute atomic E-state index is 0.0586. The van der Waals surface area contributed by atoms with Crippen LogP contribution in [0.3, 0.4) is 0 Å². The fourth-order valence-electron chi connectivity index (χ4n) is 3.98. The van der Waals surface area contributed by atoms with E-state index in [2.05, 4.69) is 10.5 Å². The van der Waals surface area contributed by atoms with Crippen molar-refractivity contribution < 1.29 is 14.4 Å². The maximum absolute atomic E-state index is 13.0. The summed E-state index contributed by atoms with van der Waals surface area (Å²) in [4.78, 5) is 45.3. The van der Waals surface area contributed by atoms with E-state index < -0.39 is 0 Å². The number of pyridine rings is 1. The standard InChI is InChI=1S/C20H25N5O3S/c1-13-2-3-15(19(27)25-10-11-29-12-25)18(21-13)14-6-8-24(9-7-14)20(28)16-4-5-17(26)23-22-16/h2-3,14H,4-12H2,1H3,(H,23,26). The zero-order valence-corrected chi connectivity index (χ0v) is 17.3. The molecule has 0 radical (unpaired) electrons. The predicted molar refractivity (Wildman–Crippen MR) is 111 cm³/mol. The molecule has 1 N–H and O–H groups in total. The molecule has 9 heteroatoms. The van der Waals surface area contributed by atoms with Crippen molar-refractivity contribution in [3.05, 3.63) is 29.1 Å². The Morgan fingerprint density at radius 3 is 2.55 bits per heavy atom. The molecule has 3 amide bonds. The Morgan fingerprint density at radius 2 is 1.90 bits per heavy atom. The summed E-state index contributed by atoms with van der Waals surface area (Å²) < 4.78 is 0. The number of hydrogen-bond donors (Lipinski definition) is 1. The van der Waals surface area contributed by atoms with Crippen LogP contribution in [-0.4, -0.2) is 69.5 Å². The Balaban J connectivity index is 1.45. The highest BCUT2D eigenvalue weighted by atomic mass is 32.2. The molecule has 1 aromatic heterocycles. The molecule has 0 aromatic carbocycles. The molecule has 29 heavy (non-hydrogen) atoms. The molecule has 2 fully saturated rings. The second-order valence-corrected chi connectivity index (χ2v) is 8.73. The highest BCUT2D eigenvalue weighted by molar-refractivity contribution is 7.99. The number of aryl methyl sites for hydroxylation is 1. The van der Waals surface area contributed by atoms with E-state index in [9.17, 15) is 14.4 Å². The maximum Gasteiger partial charge on any atom is 0.270 e. The molecule has 0 aliphatic carbocycles. The number of nitrogens with zero attached hydrogens (tertiary/aromatic N) is 4. The van der Waals surface area contributed by atoms with Crippen molar-refractivity contribution >= 4 is 35.2 Å². The van der Waals surface area contributed by atoms with Crippen LogP contribution < -0.4 is 5.43 Å². The molecule has 0 bridgehead atoms. The van der Waals surface area contributed by atoms with Crippen LogP contribution in [0.15, 0.2) is 17.2 Å². The maximum atomic E-state index is 13.0. The van der Waals surface area contributed by atoms with Gasteiger partial charge in [-0.2, -0.15) is 5.10 Å². The fourth-order valence-corrected chi connectivity index (χ4v) is 4.93. The van der Waals surface area contributed by atoms with Crippen molar-refractivity contribution in [2.24, 2.45) is 5.10 Å². The van der Waals surface area contributed by atoms with E-state index in [0.717, 1.165) is 42.4 Å². The molecule has 3 aliphatic rings. The van der Waals surface area contributed by atoms with Crippen molar-refractivity contribution in [2.45, 2.75) is 38.5 Å². The van der Waals surface area contributed by atoms with E-state index in [1.807, 2.05) is 24.0 Å². The van der Waals surface area contributed by atoms with Gasteiger partial charge < -0.3 is 9.80 Å². The first-order valence-corrected chi connectivity index (χ1v) is 11.2. The Kier molecular flexibility index (Phi) is 5.84. The number of nitrogens with one attached hydrogen (secondary N) is 1. The van der Waals surface area contributed by atoms with Gasteiger partial charge in [-0.05, 0) is 31.9 Å². The van der Waals surface area contributed by atoms with Crippen molar-refractivity contribution in [2.75, 3.05) is 31.3 Å². The number of hydrogen-bond acceptors (Lipinski definition) is 6. The highest BCUT2D eigenvalue weighted by Crippen LogP contribution is 2.31. The topological polar surface area (TPSA) is 95.0 Å². The average molecular weight is 416 g/mol. The van der Waals surface area contributed by atoms with Gasteiger partial charge in [0.2, 0.25) is 5.91 Å². The number of aromatic nitrogens is 1. The van der Waals surface area contributed by atoms with E-state index in [0.29, 0.717) is 37.2 Å². The lowest BCUT2D eigenvalue weighted by molar-refractivity contribution is -0.125. The van der Waals surface area contributed by atoms with E-state index in [4.69, 9.17) is 4.98 Å². The summed E-state index contributed by atoms with van der Waals surface area (Å²) in [5.41, 5.74) is 5.26. The van der Waals surface area contributed by atoms with E-state index in [1.165, 1.54) is 0 Å². The predicted octanol–water partition coefficient (Wildman–Crippen LogP) is 1.51. The monoisotopic (exact) mass is 415 g/mol. The minimum Gasteiger partial charge on any atom is -0.337 e. The summed E-state index contributed by atoms with van der Waals surface area (Å²) in [7, 11) is 0. The first kappa shape index (κ1) is 19.9. The third-order valence-corrected chi connectivity index (χ3v) is 6.62. The van der Waals surface area contributed by atoms with Crippen LogP contribution in [0.25, 0.3) is 0 Å². The Bertz CT molecular complexity index is 858. The molecular weight excluding hydrogens is 390 g/mol. The number of carbonyl (C=O) groups is 3. The third kappa shape index (κ3) is 4.29. The molecule has 0 unspecified atom stereocenters. The van der Waals surface area contributed by atoms with Gasteiger partial charge in [-0.3, -0.25) is 19.4 Å². The smallest absolute Gasteiger partial charge is 0.270 e. The lowest BCUT2D eigenvalue weighted by Gasteiger charge is -2.33. The summed E-state index contributed by atoms with van der Waals surface area (Å²) >= 11 is 1.77.